The number of rotatable bonds is 4. The van der Waals surface area contributed by atoms with Crippen molar-refractivity contribution >= 4 is 41.2 Å². The zero-order chi connectivity index (χ0) is 16.2. The normalized spacial score (nSPS) is 10.5. The molecule has 0 fully saturated rings. The van der Waals surface area contributed by atoms with Crippen LogP contribution < -0.4 is 0 Å². The van der Waals surface area contributed by atoms with E-state index < -0.39 is 0 Å². The second-order valence-electron chi connectivity index (χ2n) is 4.92. The lowest BCUT2D eigenvalue weighted by Crippen LogP contribution is -1.87. The van der Waals surface area contributed by atoms with Crippen LogP contribution in [-0.4, -0.2) is 6.29 Å². The molecule has 0 amide bonds. The van der Waals surface area contributed by atoms with Gasteiger partial charge in [0.05, 0.1) is 10.0 Å². The molecule has 114 valence electrons. The lowest BCUT2D eigenvalue weighted by molar-refractivity contribution is 0.112. The highest BCUT2D eigenvalue weighted by Gasteiger charge is 2.09. The number of halogens is 2. The summed E-state index contributed by atoms with van der Waals surface area (Å²) in [4.78, 5) is 13.2. The molecular weight excluding hydrogens is 347 g/mol. The maximum Gasteiger partial charge on any atom is 0.150 e. The minimum atomic E-state index is 0.530. The smallest absolute Gasteiger partial charge is 0.150 e. The zero-order valence-electron chi connectivity index (χ0n) is 12.0. The fourth-order valence-electron chi connectivity index (χ4n) is 2.22. The van der Waals surface area contributed by atoms with Crippen LogP contribution in [0.15, 0.2) is 76.5 Å². The Kier molecular flexibility index (Phi) is 5.06. The van der Waals surface area contributed by atoms with E-state index in [4.69, 9.17) is 23.2 Å². The summed E-state index contributed by atoms with van der Waals surface area (Å²) in [5, 5.41) is 1.07. The summed E-state index contributed by atoms with van der Waals surface area (Å²) in [7, 11) is 0. The van der Waals surface area contributed by atoms with Crippen molar-refractivity contribution in [2.75, 3.05) is 0 Å². The fraction of sp³-hybridized carbons (Fsp3) is 0. The van der Waals surface area contributed by atoms with Crippen LogP contribution in [0.5, 0.6) is 0 Å². The van der Waals surface area contributed by atoms with Crippen LogP contribution in [0.1, 0.15) is 10.4 Å². The maximum atomic E-state index is 11.1. The summed E-state index contributed by atoms with van der Waals surface area (Å²) >= 11 is 13.7. The van der Waals surface area contributed by atoms with E-state index in [-0.39, 0.29) is 0 Å². The number of carbonyl (C=O) groups is 1. The molecule has 0 bridgehead atoms. The van der Waals surface area contributed by atoms with Crippen LogP contribution in [0, 0.1) is 0 Å². The van der Waals surface area contributed by atoms with Crippen molar-refractivity contribution in [2.45, 2.75) is 9.79 Å². The summed E-state index contributed by atoms with van der Waals surface area (Å²) in [6, 6.07) is 21.2. The third kappa shape index (κ3) is 3.78. The first-order valence-corrected chi connectivity index (χ1v) is 8.52. The second kappa shape index (κ2) is 7.22. The third-order valence-corrected chi connectivity index (χ3v) is 5.15. The van der Waals surface area contributed by atoms with Gasteiger partial charge < -0.3 is 0 Å². The molecule has 0 saturated heterocycles. The van der Waals surface area contributed by atoms with Crippen molar-refractivity contribution < 1.29 is 4.79 Å². The number of benzene rings is 3. The van der Waals surface area contributed by atoms with Crippen LogP contribution in [0.25, 0.3) is 11.1 Å². The van der Waals surface area contributed by atoms with Crippen LogP contribution in [-0.2, 0) is 0 Å². The van der Waals surface area contributed by atoms with Gasteiger partial charge in [-0.05, 0) is 41.5 Å². The molecule has 1 nitrogen and oxygen atoms in total. The summed E-state index contributed by atoms with van der Waals surface area (Å²) in [5.41, 5.74) is 2.74. The largest absolute Gasteiger partial charge is 0.298 e. The Hall–Kier alpha value is -1.74. The molecule has 0 atom stereocenters. The van der Waals surface area contributed by atoms with Gasteiger partial charge in [0.1, 0.15) is 6.29 Å². The zero-order valence-corrected chi connectivity index (χ0v) is 14.3. The number of hydrogen-bond acceptors (Lipinski definition) is 2. The van der Waals surface area contributed by atoms with E-state index in [0.29, 0.717) is 15.6 Å². The number of aldehydes is 1. The van der Waals surface area contributed by atoms with E-state index in [1.807, 2.05) is 60.7 Å². The molecule has 3 aromatic rings. The fourth-order valence-corrected chi connectivity index (χ4v) is 3.57. The SMILES string of the molecule is O=Cc1ccc(Sc2ccc(Cl)c(Cl)c2)c(-c2ccccc2)c1. The minimum Gasteiger partial charge on any atom is -0.298 e. The standard InChI is InChI=1S/C19H12Cl2OS/c20-17-8-7-15(11-18(17)21)23-19-9-6-13(12-22)10-16(19)14-4-2-1-3-5-14/h1-12H. The van der Waals surface area contributed by atoms with Gasteiger partial charge in [-0.2, -0.15) is 0 Å². The molecule has 0 radical (unpaired) electrons. The Morgan fingerprint density at radius 2 is 1.61 bits per heavy atom. The van der Waals surface area contributed by atoms with E-state index in [9.17, 15) is 4.79 Å². The van der Waals surface area contributed by atoms with Crippen LogP contribution in [0.3, 0.4) is 0 Å². The van der Waals surface area contributed by atoms with Crippen molar-refractivity contribution in [3.63, 3.8) is 0 Å². The van der Waals surface area contributed by atoms with Gasteiger partial charge >= 0.3 is 0 Å². The molecule has 0 spiro atoms. The van der Waals surface area contributed by atoms with E-state index >= 15 is 0 Å². The Labute approximate surface area is 149 Å². The van der Waals surface area contributed by atoms with Crippen LogP contribution in [0.4, 0.5) is 0 Å². The molecule has 3 aromatic carbocycles. The minimum absolute atomic E-state index is 0.530. The molecule has 0 aliphatic rings. The van der Waals surface area contributed by atoms with E-state index in [2.05, 4.69) is 0 Å². The molecule has 23 heavy (non-hydrogen) atoms. The van der Waals surface area contributed by atoms with Crippen LogP contribution >= 0.6 is 35.0 Å². The van der Waals surface area contributed by atoms with E-state index in [1.165, 1.54) is 0 Å². The molecule has 0 unspecified atom stereocenters. The van der Waals surface area contributed by atoms with Gasteiger partial charge in [-0.1, -0.05) is 71.4 Å². The van der Waals surface area contributed by atoms with Crippen LogP contribution in [0.2, 0.25) is 10.0 Å². The topological polar surface area (TPSA) is 17.1 Å². The molecule has 4 heteroatoms. The summed E-state index contributed by atoms with van der Waals surface area (Å²) in [6.45, 7) is 0. The van der Waals surface area contributed by atoms with Gasteiger partial charge in [0.25, 0.3) is 0 Å². The van der Waals surface area contributed by atoms with Crippen molar-refractivity contribution in [3.8, 4) is 11.1 Å². The van der Waals surface area contributed by atoms with Crippen molar-refractivity contribution in [3.05, 3.63) is 82.3 Å². The molecule has 0 aliphatic carbocycles. The Morgan fingerprint density at radius 3 is 2.30 bits per heavy atom. The highest BCUT2D eigenvalue weighted by atomic mass is 35.5. The second-order valence-corrected chi connectivity index (χ2v) is 6.85. The molecular formula is C19H12Cl2OS. The highest BCUT2D eigenvalue weighted by Crippen LogP contribution is 2.38. The van der Waals surface area contributed by atoms with Crippen molar-refractivity contribution in [1.29, 1.82) is 0 Å². The quantitative estimate of drug-likeness (QED) is 0.487. The Morgan fingerprint density at radius 1 is 0.826 bits per heavy atom. The van der Waals surface area contributed by atoms with Gasteiger partial charge in [-0.15, -0.1) is 0 Å². The predicted molar refractivity (Wildman–Crippen MR) is 97.9 cm³/mol. The molecule has 0 aliphatic heterocycles. The first-order chi connectivity index (χ1) is 11.2. The molecule has 0 saturated carbocycles. The first-order valence-electron chi connectivity index (χ1n) is 6.95. The molecule has 0 heterocycles. The maximum absolute atomic E-state index is 11.1. The Bertz CT molecular complexity index is 847. The lowest BCUT2D eigenvalue weighted by Gasteiger charge is -2.11. The van der Waals surface area contributed by atoms with E-state index in [1.54, 1.807) is 17.8 Å². The van der Waals surface area contributed by atoms with Gasteiger partial charge in [0.15, 0.2) is 0 Å². The average Bonchev–Trinajstić information content (AvgIpc) is 2.59. The van der Waals surface area contributed by atoms with Gasteiger partial charge in [-0.3, -0.25) is 4.79 Å². The predicted octanol–water partition coefficient (Wildman–Crippen LogP) is 6.62. The van der Waals surface area contributed by atoms with Gasteiger partial charge in [-0.25, -0.2) is 0 Å². The first kappa shape index (κ1) is 16.1. The highest BCUT2D eigenvalue weighted by molar-refractivity contribution is 7.99. The molecule has 0 N–H and O–H groups in total. The summed E-state index contributed by atoms with van der Waals surface area (Å²) in [5.74, 6) is 0. The van der Waals surface area contributed by atoms with Gasteiger partial charge in [0.2, 0.25) is 0 Å². The summed E-state index contributed by atoms with van der Waals surface area (Å²) in [6.07, 6.45) is 0.861. The monoisotopic (exact) mass is 358 g/mol. The summed E-state index contributed by atoms with van der Waals surface area (Å²) < 4.78 is 0. The Balaban J connectivity index is 2.04. The van der Waals surface area contributed by atoms with Gasteiger partial charge in [0, 0.05) is 15.4 Å². The third-order valence-electron chi connectivity index (χ3n) is 3.34. The van der Waals surface area contributed by atoms with Crippen molar-refractivity contribution in [2.24, 2.45) is 0 Å². The average molecular weight is 359 g/mol. The number of hydrogen-bond donors (Lipinski definition) is 0. The van der Waals surface area contributed by atoms with E-state index in [0.717, 1.165) is 27.2 Å². The number of carbonyl (C=O) groups excluding carboxylic acids is 1. The molecule has 3 rings (SSSR count). The van der Waals surface area contributed by atoms with Crippen molar-refractivity contribution in [1.82, 2.24) is 0 Å². The lowest BCUT2D eigenvalue weighted by atomic mass is 10.0. The molecule has 0 aromatic heterocycles.